The molecule has 100 valence electrons. The Hall–Kier alpha value is -2.44. The van der Waals surface area contributed by atoms with Gasteiger partial charge in [-0.3, -0.25) is 4.79 Å². The van der Waals surface area contributed by atoms with Crippen LogP contribution < -0.4 is 4.74 Å². The van der Waals surface area contributed by atoms with Crippen molar-refractivity contribution in [1.82, 2.24) is 20.2 Å². The Morgan fingerprint density at radius 3 is 3.05 bits per heavy atom. The molecule has 1 N–H and O–H groups in total. The van der Waals surface area contributed by atoms with Crippen LogP contribution in [0.1, 0.15) is 12.8 Å². The average Bonchev–Trinajstić information content (AvgIpc) is 2.87. The van der Waals surface area contributed by atoms with Crippen LogP contribution in [0.2, 0.25) is 0 Å². The van der Waals surface area contributed by atoms with Gasteiger partial charge >= 0.3 is 5.97 Å². The third kappa shape index (κ3) is 3.27. The number of hydrogen-bond donors (Lipinski definition) is 1. The van der Waals surface area contributed by atoms with E-state index in [4.69, 9.17) is 9.84 Å². The fraction of sp³-hybridized carbons (Fsp3) is 0.333. The molecule has 2 aromatic rings. The summed E-state index contributed by atoms with van der Waals surface area (Å²) in [6.07, 6.45) is 0.578. The summed E-state index contributed by atoms with van der Waals surface area (Å²) in [5, 5.41) is 20.1. The molecule has 0 unspecified atom stereocenters. The van der Waals surface area contributed by atoms with Gasteiger partial charge in [0.25, 0.3) is 0 Å². The van der Waals surface area contributed by atoms with Crippen LogP contribution in [-0.2, 0) is 11.3 Å². The number of aromatic nitrogens is 4. The Morgan fingerprint density at radius 2 is 2.32 bits per heavy atom. The Morgan fingerprint density at radius 1 is 1.47 bits per heavy atom. The first-order valence-electron chi connectivity index (χ1n) is 5.83. The van der Waals surface area contributed by atoms with Gasteiger partial charge in [0.15, 0.2) is 5.82 Å². The van der Waals surface area contributed by atoms with Crippen molar-refractivity contribution in [3.05, 3.63) is 24.3 Å². The number of tetrazole rings is 1. The summed E-state index contributed by atoms with van der Waals surface area (Å²) in [5.41, 5.74) is 0.833. The maximum Gasteiger partial charge on any atom is 0.303 e. The lowest BCUT2D eigenvalue weighted by Crippen LogP contribution is -2.05. The highest BCUT2D eigenvalue weighted by Gasteiger charge is 2.10. The Bertz CT molecular complexity index is 568. The van der Waals surface area contributed by atoms with Crippen LogP contribution >= 0.6 is 0 Å². The van der Waals surface area contributed by atoms with E-state index in [2.05, 4.69) is 15.5 Å². The predicted octanol–water partition coefficient (Wildman–Crippen LogP) is 1.21. The molecule has 0 atom stereocenters. The summed E-state index contributed by atoms with van der Waals surface area (Å²) in [6, 6.07) is 7.40. The first-order chi connectivity index (χ1) is 9.20. The van der Waals surface area contributed by atoms with E-state index >= 15 is 0 Å². The number of hydrogen-bond acceptors (Lipinski definition) is 5. The van der Waals surface area contributed by atoms with Gasteiger partial charge in [-0.05, 0) is 29.0 Å². The minimum Gasteiger partial charge on any atom is -0.497 e. The lowest BCUT2D eigenvalue weighted by Gasteiger charge is -2.05. The topological polar surface area (TPSA) is 90.1 Å². The Balaban J connectivity index is 2.16. The maximum atomic E-state index is 10.5. The highest BCUT2D eigenvalue weighted by atomic mass is 16.5. The lowest BCUT2D eigenvalue weighted by molar-refractivity contribution is -0.137. The second-order valence-corrected chi connectivity index (χ2v) is 3.95. The molecule has 1 aromatic carbocycles. The van der Waals surface area contributed by atoms with Crippen molar-refractivity contribution in [3.63, 3.8) is 0 Å². The monoisotopic (exact) mass is 262 g/mol. The van der Waals surface area contributed by atoms with Crippen LogP contribution in [0.5, 0.6) is 5.75 Å². The van der Waals surface area contributed by atoms with Gasteiger partial charge in [-0.25, -0.2) is 4.68 Å². The van der Waals surface area contributed by atoms with Crippen molar-refractivity contribution in [2.45, 2.75) is 19.4 Å². The van der Waals surface area contributed by atoms with Gasteiger partial charge in [0.05, 0.1) is 7.11 Å². The fourth-order valence-electron chi connectivity index (χ4n) is 1.70. The van der Waals surface area contributed by atoms with Crippen molar-refractivity contribution >= 4 is 5.97 Å². The first-order valence-corrected chi connectivity index (χ1v) is 5.83. The predicted molar refractivity (Wildman–Crippen MR) is 66.7 cm³/mol. The molecule has 0 fully saturated rings. The van der Waals surface area contributed by atoms with Crippen LogP contribution in [0.4, 0.5) is 0 Å². The van der Waals surface area contributed by atoms with E-state index in [0.717, 1.165) is 11.3 Å². The minimum atomic E-state index is -0.823. The standard InChI is InChI=1S/C12H14N4O3/c1-19-10-5-2-4-9(8-10)12-13-14-15-16(12)7-3-6-11(17)18/h2,4-5,8H,3,6-7H2,1H3,(H,17,18). The summed E-state index contributed by atoms with van der Waals surface area (Å²) in [6.45, 7) is 0.464. The largest absolute Gasteiger partial charge is 0.497 e. The van der Waals surface area contributed by atoms with Crippen LogP contribution in [0.25, 0.3) is 11.4 Å². The number of carboxylic acid groups (broad SMARTS) is 1. The quantitative estimate of drug-likeness (QED) is 0.841. The molecule has 0 aliphatic carbocycles. The maximum absolute atomic E-state index is 10.5. The average molecular weight is 262 g/mol. The molecule has 0 spiro atoms. The number of nitrogens with zero attached hydrogens (tertiary/aromatic N) is 4. The summed E-state index contributed by atoms with van der Waals surface area (Å²) < 4.78 is 6.74. The number of rotatable bonds is 6. The molecule has 0 saturated heterocycles. The molecule has 2 rings (SSSR count). The molecular formula is C12H14N4O3. The molecule has 0 bridgehead atoms. The molecule has 7 nitrogen and oxygen atoms in total. The molecule has 7 heteroatoms. The van der Waals surface area contributed by atoms with Gasteiger partial charge in [0.2, 0.25) is 0 Å². The lowest BCUT2D eigenvalue weighted by atomic mass is 10.2. The van der Waals surface area contributed by atoms with Gasteiger partial charge in [-0.15, -0.1) is 5.10 Å². The number of carbonyl (C=O) groups is 1. The van der Waals surface area contributed by atoms with Crippen LogP contribution in [-0.4, -0.2) is 38.4 Å². The normalized spacial score (nSPS) is 10.4. The Kier molecular flexibility index (Phi) is 4.07. The molecule has 0 aliphatic heterocycles. The van der Waals surface area contributed by atoms with E-state index in [1.54, 1.807) is 11.8 Å². The van der Waals surface area contributed by atoms with Gasteiger partial charge in [-0.1, -0.05) is 12.1 Å². The third-order valence-electron chi connectivity index (χ3n) is 2.62. The first kappa shape index (κ1) is 13.0. The molecule has 0 amide bonds. The molecule has 1 aromatic heterocycles. The number of benzene rings is 1. The number of aryl methyl sites for hydroxylation is 1. The fourth-order valence-corrected chi connectivity index (χ4v) is 1.70. The van der Waals surface area contributed by atoms with E-state index < -0.39 is 5.97 Å². The zero-order chi connectivity index (χ0) is 13.7. The van der Waals surface area contributed by atoms with Crippen LogP contribution in [0.3, 0.4) is 0 Å². The van der Waals surface area contributed by atoms with Gasteiger partial charge in [0, 0.05) is 18.5 Å². The highest BCUT2D eigenvalue weighted by Crippen LogP contribution is 2.21. The number of ether oxygens (including phenoxy) is 1. The van der Waals surface area contributed by atoms with Gasteiger partial charge in [0.1, 0.15) is 5.75 Å². The third-order valence-corrected chi connectivity index (χ3v) is 2.62. The molecule has 19 heavy (non-hydrogen) atoms. The van der Waals surface area contributed by atoms with E-state index in [0.29, 0.717) is 18.8 Å². The highest BCUT2D eigenvalue weighted by molar-refractivity contribution is 5.66. The summed E-state index contributed by atoms with van der Waals surface area (Å²) in [7, 11) is 1.59. The van der Waals surface area contributed by atoms with Crippen molar-refractivity contribution in [2.24, 2.45) is 0 Å². The van der Waals surface area contributed by atoms with Crippen molar-refractivity contribution in [2.75, 3.05) is 7.11 Å². The van der Waals surface area contributed by atoms with Crippen molar-refractivity contribution < 1.29 is 14.6 Å². The van der Waals surface area contributed by atoms with Crippen molar-refractivity contribution in [3.8, 4) is 17.1 Å². The zero-order valence-corrected chi connectivity index (χ0v) is 10.5. The SMILES string of the molecule is COc1cccc(-c2nnnn2CCCC(=O)O)c1. The second kappa shape index (κ2) is 5.94. The Labute approximate surface area is 109 Å². The van der Waals surface area contributed by atoms with E-state index in [9.17, 15) is 4.79 Å². The van der Waals surface area contributed by atoms with Crippen LogP contribution in [0, 0.1) is 0 Å². The number of methoxy groups -OCH3 is 1. The van der Waals surface area contributed by atoms with E-state index in [1.807, 2.05) is 24.3 Å². The number of carboxylic acids is 1. The molecule has 0 saturated carbocycles. The second-order valence-electron chi connectivity index (χ2n) is 3.95. The van der Waals surface area contributed by atoms with Gasteiger partial charge < -0.3 is 9.84 Å². The smallest absolute Gasteiger partial charge is 0.303 e. The molecular weight excluding hydrogens is 248 g/mol. The van der Waals surface area contributed by atoms with E-state index in [1.165, 1.54) is 0 Å². The molecule has 1 heterocycles. The number of aliphatic carboxylic acids is 1. The summed E-state index contributed by atoms with van der Waals surface area (Å²) in [5.74, 6) is 0.498. The summed E-state index contributed by atoms with van der Waals surface area (Å²) in [4.78, 5) is 10.5. The zero-order valence-electron chi connectivity index (χ0n) is 10.5. The van der Waals surface area contributed by atoms with Crippen molar-refractivity contribution in [1.29, 1.82) is 0 Å². The van der Waals surface area contributed by atoms with E-state index in [-0.39, 0.29) is 6.42 Å². The molecule has 0 radical (unpaired) electrons. The minimum absolute atomic E-state index is 0.0947. The van der Waals surface area contributed by atoms with Gasteiger partial charge in [-0.2, -0.15) is 0 Å². The molecule has 0 aliphatic rings. The summed E-state index contributed by atoms with van der Waals surface area (Å²) >= 11 is 0. The van der Waals surface area contributed by atoms with Crippen LogP contribution in [0.15, 0.2) is 24.3 Å².